The summed E-state index contributed by atoms with van der Waals surface area (Å²) < 4.78 is 3.82. The van der Waals surface area contributed by atoms with E-state index in [2.05, 4.69) is 25.8 Å². The molecule has 0 unspecified atom stereocenters. The minimum absolute atomic E-state index is 0. The summed E-state index contributed by atoms with van der Waals surface area (Å²) in [7, 11) is 1.87. The molecule has 0 aliphatic heterocycles. The second-order valence-electron chi connectivity index (χ2n) is 5.75. The molecule has 146 valence electrons. The van der Waals surface area contributed by atoms with E-state index in [1.165, 1.54) is 0 Å². The Morgan fingerprint density at radius 1 is 1.22 bits per heavy atom. The maximum Gasteiger partial charge on any atom is 0.191 e. The molecule has 0 fully saturated rings. The number of aliphatic imine (C=N–C) groups is 1. The summed E-state index contributed by atoms with van der Waals surface area (Å²) in [4.78, 5) is 4.59. The van der Waals surface area contributed by atoms with Crippen LogP contribution in [0.25, 0.3) is 5.65 Å². The molecule has 3 aromatic heterocycles. The SMILES string of the molecule is CCNC(=NCc1cc(Cl)c(Cl)n1C)NCCc1nnc2ccccn12.I. The fraction of sp³-hybridized carbons (Fsp3) is 0.353. The zero-order valence-electron chi connectivity index (χ0n) is 15.1. The van der Waals surface area contributed by atoms with E-state index in [1.54, 1.807) is 0 Å². The molecule has 3 aromatic rings. The van der Waals surface area contributed by atoms with Crippen LogP contribution in [0.1, 0.15) is 18.4 Å². The molecule has 3 heterocycles. The van der Waals surface area contributed by atoms with Gasteiger partial charge in [-0.05, 0) is 25.1 Å². The van der Waals surface area contributed by atoms with E-state index < -0.39 is 0 Å². The van der Waals surface area contributed by atoms with E-state index in [0.717, 1.165) is 36.1 Å². The van der Waals surface area contributed by atoms with Crippen LogP contribution in [0.15, 0.2) is 35.5 Å². The highest BCUT2D eigenvalue weighted by Crippen LogP contribution is 2.25. The summed E-state index contributed by atoms with van der Waals surface area (Å²) in [6.45, 7) is 3.97. The minimum Gasteiger partial charge on any atom is -0.357 e. The standard InChI is InChI=1S/C17H21Cl2N7.HI/c1-3-20-17(22-11-12-10-13(18)16(19)25(12)2)21-8-7-15-24-23-14-6-4-5-9-26(14)15;/h4-6,9-10H,3,7-8,11H2,1-2H3,(H2,20,21,22);1H. The summed E-state index contributed by atoms with van der Waals surface area (Å²) >= 11 is 12.2. The van der Waals surface area contributed by atoms with Gasteiger partial charge in [-0.3, -0.25) is 4.40 Å². The molecule has 0 amide bonds. The number of hydrogen-bond donors (Lipinski definition) is 2. The zero-order chi connectivity index (χ0) is 18.5. The molecule has 0 saturated heterocycles. The monoisotopic (exact) mass is 521 g/mol. The topological polar surface area (TPSA) is 71.5 Å². The van der Waals surface area contributed by atoms with E-state index in [-0.39, 0.29) is 24.0 Å². The van der Waals surface area contributed by atoms with Crippen LogP contribution in [-0.2, 0) is 20.0 Å². The Labute approximate surface area is 185 Å². The third-order valence-electron chi connectivity index (χ3n) is 3.98. The fourth-order valence-corrected chi connectivity index (χ4v) is 3.01. The lowest BCUT2D eigenvalue weighted by molar-refractivity contribution is 0.755. The average Bonchev–Trinajstić information content (AvgIpc) is 3.16. The van der Waals surface area contributed by atoms with Crippen molar-refractivity contribution in [3.05, 3.63) is 52.2 Å². The molecule has 2 N–H and O–H groups in total. The van der Waals surface area contributed by atoms with Crippen LogP contribution >= 0.6 is 47.2 Å². The molecular weight excluding hydrogens is 500 g/mol. The van der Waals surface area contributed by atoms with Crippen LogP contribution < -0.4 is 10.6 Å². The molecule has 27 heavy (non-hydrogen) atoms. The number of hydrogen-bond acceptors (Lipinski definition) is 3. The van der Waals surface area contributed by atoms with Crippen LogP contribution in [0, 0.1) is 0 Å². The van der Waals surface area contributed by atoms with Crippen LogP contribution in [0.2, 0.25) is 10.2 Å². The van der Waals surface area contributed by atoms with Crippen molar-refractivity contribution in [2.24, 2.45) is 12.0 Å². The van der Waals surface area contributed by atoms with Crippen molar-refractivity contribution in [3.8, 4) is 0 Å². The molecular formula is C17H22Cl2IN7. The summed E-state index contributed by atoms with van der Waals surface area (Å²) in [5, 5.41) is 16.0. The molecule has 0 spiro atoms. The van der Waals surface area contributed by atoms with Crippen molar-refractivity contribution < 1.29 is 0 Å². The largest absolute Gasteiger partial charge is 0.357 e. The number of rotatable bonds is 6. The Bertz CT molecular complexity index is 919. The molecule has 10 heteroatoms. The van der Waals surface area contributed by atoms with E-state index in [9.17, 15) is 0 Å². The molecule has 0 aliphatic carbocycles. The Morgan fingerprint density at radius 2 is 2.04 bits per heavy atom. The number of nitrogens with one attached hydrogen (secondary N) is 2. The lowest BCUT2D eigenvalue weighted by atomic mass is 10.4. The maximum absolute atomic E-state index is 6.10. The van der Waals surface area contributed by atoms with E-state index in [0.29, 0.717) is 23.3 Å². The lowest BCUT2D eigenvalue weighted by Crippen LogP contribution is -2.38. The quantitative estimate of drug-likeness (QED) is 0.296. The summed E-state index contributed by atoms with van der Waals surface area (Å²) in [6.07, 6.45) is 2.70. The number of nitrogens with zero attached hydrogens (tertiary/aromatic N) is 5. The van der Waals surface area contributed by atoms with Crippen LogP contribution in [-0.4, -0.2) is 38.2 Å². The number of aromatic nitrogens is 4. The predicted octanol–water partition coefficient (Wildman–Crippen LogP) is 3.29. The van der Waals surface area contributed by atoms with Gasteiger partial charge in [-0.25, -0.2) is 4.99 Å². The van der Waals surface area contributed by atoms with Crippen molar-refractivity contribution in [1.29, 1.82) is 0 Å². The van der Waals surface area contributed by atoms with E-state index >= 15 is 0 Å². The number of fused-ring (bicyclic) bond motifs is 1. The van der Waals surface area contributed by atoms with Gasteiger partial charge in [-0.2, -0.15) is 0 Å². The van der Waals surface area contributed by atoms with Crippen molar-refractivity contribution in [3.63, 3.8) is 0 Å². The van der Waals surface area contributed by atoms with E-state index in [4.69, 9.17) is 23.2 Å². The maximum atomic E-state index is 6.10. The van der Waals surface area contributed by atoms with Gasteiger partial charge in [0.25, 0.3) is 0 Å². The second-order valence-corrected chi connectivity index (χ2v) is 6.52. The first-order valence-corrected chi connectivity index (χ1v) is 9.16. The van der Waals surface area contributed by atoms with Gasteiger partial charge in [-0.1, -0.05) is 29.3 Å². The average molecular weight is 522 g/mol. The molecule has 7 nitrogen and oxygen atoms in total. The van der Waals surface area contributed by atoms with Crippen LogP contribution in [0.3, 0.4) is 0 Å². The highest BCUT2D eigenvalue weighted by atomic mass is 127. The molecule has 0 radical (unpaired) electrons. The number of halogens is 3. The van der Waals surface area contributed by atoms with E-state index in [1.807, 2.05) is 53.4 Å². The van der Waals surface area contributed by atoms with Gasteiger partial charge in [0.2, 0.25) is 0 Å². The zero-order valence-corrected chi connectivity index (χ0v) is 19.0. The number of pyridine rings is 1. The van der Waals surface area contributed by atoms with Gasteiger partial charge < -0.3 is 15.2 Å². The van der Waals surface area contributed by atoms with Crippen molar-refractivity contribution >= 4 is 58.8 Å². The van der Waals surface area contributed by atoms with Gasteiger partial charge in [0.1, 0.15) is 11.0 Å². The number of guanidine groups is 1. The smallest absolute Gasteiger partial charge is 0.191 e. The van der Waals surface area contributed by atoms with Gasteiger partial charge in [0.15, 0.2) is 11.6 Å². The lowest BCUT2D eigenvalue weighted by Gasteiger charge is -2.11. The predicted molar refractivity (Wildman–Crippen MR) is 120 cm³/mol. The summed E-state index contributed by atoms with van der Waals surface area (Å²) in [5.41, 5.74) is 1.79. The van der Waals surface area contributed by atoms with Gasteiger partial charge >= 0.3 is 0 Å². The Hall–Kier alpha value is -1.52. The normalized spacial score (nSPS) is 11.5. The minimum atomic E-state index is 0. The molecule has 0 aliphatic rings. The van der Waals surface area contributed by atoms with Crippen molar-refractivity contribution in [2.45, 2.75) is 19.9 Å². The first-order chi connectivity index (χ1) is 12.6. The Morgan fingerprint density at radius 3 is 2.74 bits per heavy atom. The van der Waals surface area contributed by atoms with Gasteiger partial charge in [0.05, 0.1) is 11.6 Å². The van der Waals surface area contributed by atoms with Gasteiger partial charge in [-0.15, -0.1) is 34.2 Å². The van der Waals surface area contributed by atoms with Crippen LogP contribution in [0.5, 0.6) is 0 Å². The molecule has 0 bridgehead atoms. The van der Waals surface area contributed by atoms with Gasteiger partial charge in [0, 0.05) is 38.4 Å². The first kappa shape index (κ1) is 21.8. The Balaban J connectivity index is 0.00000261. The molecule has 0 saturated carbocycles. The van der Waals surface area contributed by atoms with Crippen LogP contribution in [0.4, 0.5) is 0 Å². The molecule has 0 atom stereocenters. The third-order valence-corrected chi connectivity index (χ3v) is 4.83. The first-order valence-electron chi connectivity index (χ1n) is 8.40. The Kier molecular flexibility index (Phi) is 8.18. The summed E-state index contributed by atoms with van der Waals surface area (Å²) in [6, 6.07) is 7.68. The highest BCUT2D eigenvalue weighted by Gasteiger charge is 2.09. The summed E-state index contributed by atoms with van der Waals surface area (Å²) in [5.74, 6) is 1.64. The van der Waals surface area contributed by atoms with Crippen molar-refractivity contribution in [2.75, 3.05) is 13.1 Å². The fourth-order valence-electron chi connectivity index (χ4n) is 2.60. The third kappa shape index (κ3) is 5.26. The second kappa shape index (κ2) is 10.1. The molecule has 3 rings (SSSR count). The molecule has 0 aromatic carbocycles. The highest BCUT2D eigenvalue weighted by molar-refractivity contribution is 14.0. The van der Waals surface area contributed by atoms with Crippen molar-refractivity contribution in [1.82, 2.24) is 29.8 Å².